The number of methoxy groups -OCH3 is 1. The van der Waals surface area contributed by atoms with E-state index in [2.05, 4.69) is 16.6 Å². The number of ether oxygens (including phenoxy) is 1. The number of nitrogens with zero attached hydrogens (tertiary/aromatic N) is 1. The Kier molecular flexibility index (Phi) is 8.73. The molecule has 0 saturated carbocycles. The molecule has 0 unspecified atom stereocenters. The highest BCUT2D eigenvalue weighted by Crippen LogP contribution is 2.29. The minimum absolute atomic E-state index is 0.197. The van der Waals surface area contributed by atoms with Gasteiger partial charge in [0.15, 0.2) is 0 Å². The van der Waals surface area contributed by atoms with E-state index in [-0.39, 0.29) is 5.91 Å². The molecule has 1 saturated heterocycles. The molecule has 1 aliphatic heterocycles. The van der Waals surface area contributed by atoms with E-state index in [1.807, 2.05) is 12.1 Å². The highest BCUT2D eigenvalue weighted by atomic mass is 35.5. The van der Waals surface area contributed by atoms with Crippen molar-refractivity contribution in [3.63, 3.8) is 0 Å². The SMILES string of the molecule is COc1cc(Cl)c(N)cc1C(=O)NCC1CCN(CC[CH]c2ccc(Cl)cc2Cl)CC1. The minimum Gasteiger partial charge on any atom is -0.496 e. The first-order chi connectivity index (χ1) is 14.9. The van der Waals surface area contributed by atoms with Crippen LogP contribution in [-0.2, 0) is 0 Å². The average molecular weight is 484 g/mol. The standard InChI is InChI=1S/C23H27Cl3N3O2/c1-31-22-13-20(26)21(27)12-18(22)23(30)28-14-15-6-9-29(10-7-15)8-2-3-16-4-5-17(24)11-19(16)25/h3-5,11-13,15H,2,6-10,14,27H2,1H3,(H,28,30). The fraction of sp³-hybridized carbons (Fsp3) is 0.391. The smallest absolute Gasteiger partial charge is 0.255 e. The third kappa shape index (κ3) is 6.66. The van der Waals surface area contributed by atoms with Crippen LogP contribution in [0, 0.1) is 12.3 Å². The van der Waals surface area contributed by atoms with Crippen LogP contribution >= 0.6 is 34.8 Å². The molecule has 8 heteroatoms. The quantitative estimate of drug-likeness (QED) is 0.499. The first kappa shape index (κ1) is 24.0. The van der Waals surface area contributed by atoms with Crippen molar-refractivity contribution in [2.75, 3.05) is 39.0 Å². The molecule has 0 bridgehead atoms. The maximum Gasteiger partial charge on any atom is 0.255 e. The summed E-state index contributed by atoms with van der Waals surface area (Å²) >= 11 is 18.2. The van der Waals surface area contributed by atoms with Gasteiger partial charge in [-0.1, -0.05) is 40.9 Å². The predicted molar refractivity (Wildman–Crippen MR) is 128 cm³/mol. The van der Waals surface area contributed by atoms with Crippen molar-refractivity contribution in [1.82, 2.24) is 10.2 Å². The number of likely N-dealkylation sites (tertiary alicyclic amines) is 1. The summed E-state index contributed by atoms with van der Waals surface area (Å²) in [6.45, 7) is 3.64. The molecule has 3 N–H and O–H groups in total. The van der Waals surface area contributed by atoms with Crippen LogP contribution in [0.3, 0.4) is 0 Å². The summed E-state index contributed by atoms with van der Waals surface area (Å²) in [5, 5.41) is 4.71. The average Bonchev–Trinajstić information content (AvgIpc) is 2.76. The van der Waals surface area contributed by atoms with Gasteiger partial charge in [-0.25, -0.2) is 0 Å². The van der Waals surface area contributed by atoms with Gasteiger partial charge in [0.1, 0.15) is 5.75 Å². The van der Waals surface area contributed by atoms with Crippen LogP contribution in [0.15, 0.2) is 30.3 Å². The number of amides is 1. The zero-order chi connectivity index (χ0) is 22.4. The van der Waals surface area contributed by atoms with Gasteiger partial charge in [-0.3, -0.25) is 4.79 Å². The van der Waals surface area contributed by atoms with Crippen LogP contribution in [0.1, 0.15) is 35.2 Å². The summed E-state index contributed by atoms with van der Waals surface area (Å²) in [7, 11) is 1.51. The van der Waals surface area contributed by atoms with Crippen molar-refractivity contribution < 1.29 is 9.53 Å². The van der Waals surface area contributed by atoms with Crippen LogP contribution in [0.5, 0.6) is 5.75 Å². The Balaban J connectivity index is 1.40. The van der Waals surface area contributed by atoms with Gasteiger partial charge in [0.05, 0.1) is 23.4 Å². The molecule has 2 aromatic rings. The molecular weight excluding hydrogens is 457 g/mol. The summed E-state index contributed by atoms with van der Waals surface area (Å²) < 4.78 is 5.27. The molecule has 2 aromatic carbocycles. The maximum atomic E-state index is 12.6. The number of benzene rings is 2. The summed E-state index contributed by atoms with van der Waals surface area (Å²) in [6.07, 6.45) is 5.17. The third-order valence-corrected chi connectivity index (χ3v) is 6.48. The lowest BCUT2D eigenvalue weighted by atomic mass is 9.96. The number of rotatable bonds is 8. The second-order valence-electron chi connectivity index (χ2n) is 7.73. The summed E-state index contributed by atoms with van der Waals surface area (Å²) in [5.74, 6) is 0.672. The molecule has 1 aliphatic rings. The van der Waals surface area contributed by atoms with Crippen LogP contribution in [-0.4, -0.2) is 44.1 Å². The molecule has 0 spiro atoms. The first-order valence-electron chi connectivity index (χ1n) is 10.3. The van der Waals surface area contributed by atoms with E-state index in [1.165, 1.54) is 7.11 Å². The second-order valence-corrected chi connectivity index (χ2v) is 8.98. The fourth-order valence-electron chi connectivity index (χ4n) is 3.73. The van der Waals surface area contributed by atoms with Crippen LogP contribution in [0.4, 0.5) is 5.69 Å². The molecule has 1 fully saturated rings. The zero-order valence-electron chi connectivity index (χ0n) is 17.5. The lowest BCUT2D eigenvalue weighted by molar-refractivity contribution is 0.0933. The van der Waals surface area contributed by atoms with Gasteiger partial charge in [-0.2, -0.15) is 0 Å². The summed E-state index contributed by atoms with van der Waals surface area (Å²) in [4.78, 5) is 15.0. The van der Waals surface area contributed by atoms with Crippen LogP contribution in [0.25, 0.3) is 0 Å². The second kappa shape index (κ2) is 11.3. The third-order valence-electron chi connectivity index (χ3n) is 5.59. The van der Waals surface area contributed by atoms with Crippen LogP contribution in [0.2, 0.25) is 15.1 Å². The van der Waals surface area contributed by atoms with Crippen molar-refractivity contribution >= 4 is 46.4 Å². The molecule has 31 heavy (non-hydrogen) atoms. The van der Waals surface area contributed by atoms with Crippen molar-refractivity contribution in [2.45, 2.75) is 19.3 Å². The summed E-state index contributed by atoms with van der Waals surface area (Å²) in [6, 6.07) is 8.69. The van der Waals surface area contributed by atoms with Gasteiger partial charge in [0, 0.05) is 22.7 Å². The van der Waals surface area contributed by atoms with E-state index in [9.17, 15) is 4.79 Å². The van der Waals surface area contributed by atoms with Gasteiger partial charge in [-0.15, -0.1) is 0 Å². The molecule has 1 amide bonds. The van der Waals surface area contributed by atoms with Gasteiger partial charge >= 0.3 is 0 Å². The number of halogens is 3. The lowest BCUT2D eigenvalue weighted by Crippen LogP contribution is -2.39. The number of nitrogens with one attached hydrogen (secondary N) is 1. The highest BCUT2D eigenvalue weighted by Gasteiger charge is 2.21. The Morgan fingerprint density at radius 1 is 1.19 bits per heavy atom. The predicted octanol–water partition coefficient (Wildman–Crippen LogP) is 5.32. The number of carbonyl (C=O) groups excluding carboxylic acids is 1. The molecule has 0 aromatic heterocycles. The number of anilines is 1. The van der Waals surface area contributed by atoms with E-state index < -0.39 is 0 Å². The number of piperidine rings is 1. The van der Waals surface area contributed by atoms with E-state index in [0.717, 1.165) is 44.5 Å². The zero-order valence-corrected chi connectivity index (χ0v) is 19.7. The van der Waals surface area contributed by atoms with E-state index in [1.54, 1.807) is 18.2 Å². The largest absolute Gasteiger partial charge is 0.496 e. The van der Waals surface area contributed by atoms with E-state index >= 15 is 0 Å². The van der Waals surface area contributed by atoms with E-state index in [4.69, 9.17) is 45.3 Å². The molecule has 3 rings (SSSR count). The highest BCUT2D eigenvalue weighted by molar-refractivity contribution is 6.35. The van der Waals surface area contributed by atoms with Crippen LogP contribution < -0.4 is 15.8 Å². The number of carbonyl (C=O) groups is 1. The fourth-order valence-corrected chi connectivity index (χ4v) is 4.37. The molecule has 0 aliphatic carbocycles. The molecule has 1 heterocycles. The normalized spacial score (nSPS) is 15.1. The Morgan fingerprint density at radius 3 is 2.61 bits per heavy atom. The van der Waals surface area contributed by atoms with Crippen molar-refractivity contribution in [2.24, 2.45) is 5.92 Å². The van der Waals surface area contributed by atoms with Crippen molar-refractivity contribution in [3.8, 4) is 5.75 Å². The number of nitrogen functional groups attached to an aromatic ring is 1. The molecular formula is C23H27Cl3N3O2. The Morgan fingerprint density at radius 2 is 1.94 bits per heavy atom. The number of hydrogen-bond donors (Lipinski definition) is 2. The lowest BCUT2D eigenvalue weighted by Gasteiger charge is -2.32. The Hall–Kier alpha value is -1.66. The number of nitrogens with two attached hydrogens (primary N) is 1. The Labute approximate surface area is 198 Å². The van der Waals surface area contributed by atoms with Crippen molar-refractivity contribution in [1.29, 1.82) is 0 Å². The molecule has 0 atom stereocenters. The van der Waals surface area contributed by atoms with Gasteiger partial charge in [-0.05, 0) is 75.0 Å². The molecule has 1 radical (unpaired) electrons. The molecule has 5 nitrogen and oxygen atoms in total. The summed E-state index contributed by atoms with van der Waals surface area (Å²) in [5.41, 5.74) is 7.62. The Bertz CT molecular complexity index is 915. The number of hydrogen-bond acceptors (Lipinski definition) is 4. The van der Waals surface area contributed by atoms with Gasteiger partial charge < -0.3 is 20.7 Å². The van der Waals surface area contributed by atoms with E-state index in [0.29, 0.717) is 44.5 Å². The topological polar surface area (TPSA) is 67.6 Å². The van der Waals surface area contributed by atoms with Gasteiger partial charge in [0.25, 0.3) is 5.91 Å². The van der Waals surface area contributed by atoms with Crippen molar-refractivity contribution in [3.05, 3.63) is 62.9 Å². The monoisotopic (exact) mass is 482 g/mol. The van der Waals surface area contributed by atoms with Gasteiger partial charge in [0.2, 0.25) is 0 Å². The first-order valence-corrected chi connectivity index (χ1v) is 11.4. The molecule has 167 valence electrons. The maximum absolute atomic E-state index is 12.6. The minimum atomic E-state index is -0.197.